The number of benzene rings is 1. The van der Waals surface area contributed by atoms with Gasteiger partial charge in [-0.3, -0.25) is 4.79 Å². The first-order valence-electron chi connectivity index (χ1n) is 6.70. The zero-order chi connectivity index (χ0) is 13.0. The minimum Gasteiger partial charge on any atom is -0.371 e. The number of rotatable bonds is 3. The Labute approximate surface area is 114 Å². The molecule has 0 saturated heterocycles. The first kappa shape index (κ1) is 13.4. The molecule has 3 heteroatoms. The van der Waals surface area contributed by atoms with E-state index in [0.717, 1.165) is 17.5 Å². The number of carbonyl (C=O) groups is 1. The van der Waals surface area contributed by atoms with E-state index in [2.05, 4.69) is 11.9 Å². The molecule has 0 heterocycles. The molecule has 0 bridgehead atoms. The lowest BCUT2D eigenvalue weighted by atomic mass is 10.1. The van der Waals surface area contributed by atoms with Crippen LogP contribution in [0.4, 0.5) is 5.69 Å². The predicted octanol–water partition coefficient (Wildman–Crippen LogP) is 4.31. The Hall–Kier alpha value is -1.02. The standard InChI is InChI=1S/C15H20ClNO/c1-17(14-6-4-2-3-5-7-14)15-10-13(16)9-8-12(15)11-18/h8-11,14H,2-7H2,1H3. The van der Waals surface area contributed by atoms with Crippen molar-refractivity contribution in [3.8, 4) is 0 Å². The van der Waals surface area contributed by atoms with Crippen molar-refractivity contribution in [3.05, 3.63) is 28.8 Å². The van der Waals surface area contributed by atoms with E-state index in [4.69, 9.17) is 11.6 Å². The first-order chi connectivity index (χ1) is 8.72. The highest BCUT2D eigenvalue weighted by Crippen LogP contribution is 2.29. The van der Waals surface area contributed by atoms with Gasteiger partial charge in [-0.1, -0.05) is 37.3 Å². The maximum Gasteiger partial charge on any atom is 0.152 e. The Morgan fingerprint density at radius 2 is 1.89 bits per heavy atom. The third-order valence-electron chi connectivity index (χ3n) is 3.87. The van der Waals surface area contributed by atoms with E-state index < -0.39 is 0 Å². The van der Waals surface area contributed by atoms with Crippen molar-refractivity contribution < 1.29 is 4.79 Å². The van der Waals surface area contributed by atoms with Crippen LogP contribution in [0.25, 0.3) is 0 Å². The number of anilines is 1. The van der Waals surface area contributed by atoms with Gasteiger partial charge in [0.1, 0.15) is 0 Å². The Kier molecular flexibility index (Phi) is 4.65. The van der Waals surface area contributed by atoms with Crippen LogP contribution in [-0.4, -0.2) is 19.4 Å². The number of aldehydes is 1. The van der Waals surface area contributed by atoms with Crippen LogP contribution in [0.2, 0.25) is 5.02 Å². The summed E-state index contributed by atoms with van der Waals surface area (Å²) in [7, 11) is 2.08. The maximum absolute atomic E-state index is 11.1. The molecule has 0 amide bonds. The van der Waals surface area contributed by atoms with Gasteiger partial charge in [0.25, 0.3) is 0 Å². The highest BCUT2D eigenvalue weighted by Gasteiger charge is 2.19. The summed E-state index contributed by atoms with van der Waals surface area (Å²) in [5, 5.41) is 0.691. The third-order valence-corrected chi connectivity index (χ3v) is 4.11. The molecule has 0 atom stereocenters. The maximum atomic E-state index is 11.1. The third kappa shape index (κ3) is 3.05. The molecule has 0 N–H and O–H groups in total. The molecule has 1 aromatic carbocycles. The van der Waals surface area contributed by atoms with Gasteiger partial charge in [0.05, 0.1) is 0 Å². The van der Waals surface area contributed by atoms with E-state index in [1.807, 2.05) is 6.07 Å². The minimum atomic E-state index is 0.532. The molecule has 98 valence electrons. The van der Waals surface area contributed by atoms with Crippen molar-refractivity contribution >= 4 is 23.6 Å². The SMILES string of the molecule is CN(c1cc(Cl)ccc1C=O)C1CCCCCC1. The van der Waals surface area contributed by atoms with Gasteiger partial charge in [-0.2, -0.15) is 0 Å². The number of hydrogen-bond donors (Lipinski definition) is 0. The summed E-state index contributed by atoms with van der Waals surface area (Å²) in [6, 6.07) is 6.01. The van der Waals surface area contributed by atoms with Gasteiger partial charge in [-0.15, -0.1) is 0 Å². The molecule has 1 saturated carbocycles. The Morgan fingerprint density at radius 1 is 1.22 bits per heavy atom. The molecule has 0 radical (unpaired) electrons. The molecule has 1 aliphatic carbocycles. The van der Waals surface area contributed by atoms with Crippen LogP contribution in [0.3, 0.4) is 0 Å². The first-order valence-corrected chi connectivity index (χ1v) is 7.07. The van der Waals surface area contributed by atoms with Crippen LogP contribution in [0.5, 0.6) is 0 Å². The molecule has 18 heavy (non-hydrogen) atoms. The van der Waals surface area contributed by atoms with Crippen molar-refractivity contribution in [1.29, 1.82) is 0 Å². The summed E-state index contributed by atoms with van der Waals surface area (Å²) in [6.07, 6.45) is 8.57. The van der Waals surface area contributed by atoms with E-state index in [1.54, 1.807) is 12.1 Å². The normalized spacial score (nSPS) is 17.2. The van der Waals surface area contributed by atoms with Crippen LogP contribution < -0.4 is 4.90 Å². The van der Waals surface area contributed by atoms with E-state index in [1.165, 1.54) is 38.5 Å². The van der Waals surface area contributed by atoms with E-state index in [0.29, 0.717) is 11.1 Å². The largest absolute Gasteiger partial charge is 0.371 e. The molecule has 0 spiro atoms. The highest BCUT2D eigenvalue weighted by atomic mass is 35.5. The highest BCUT2D eigenvalue weighted by molar-refractivity contribution is 6.31. The molecular formula is C15H20ClNO. The van der Waals surface area contributed by atoms with Gasteiger partial charge in [-0.25, -0.2) is 0 Å². The number of carbonyl (C=O) groups excluding carboxylic acids is 1. The lowest BCUT2D eigenvalue weighted by Gasteiger charge is -2.30. The second kappa shape index (κ2) is 6.24. The average molecular weight is 266 g/mol. The molecule has 1 aliphatic rings. The summed E-state index contributed by atoms with van der Waals surface area (Å²) in [6.45, 7) is 0. The van der Waals surface area contributed by atoms with E-state index in [-0.39, 0.29) is 0 Å². The molecule has 0 unspecified atom stereocenters. The lowest BCUT2D eigenvalue weighted by Crippen LogP contribution is -2.31. The van der Waals surface area contributed by atoms with Gasteiger partial charge in [0.2, 0.25) is 0 Å². The minimum absolute atomic E-state index is 0.532. The summed E-state index contributed by atoms with van der Waals surface area (Å²) >= 11 is 6.05. The Morgan fingerprint density at radius 3 is 2.50 bits per heavy atom. The topological polar surface area (TPSA) is 20.3 Å². The quantitative estimate of drug-likeness (QED) is 0.600. The second-order valence-electron chi connectivity index (χ2n) is 5.08. The molecule has 2 rings (SSSR count). The zero-order valence-corrected chi connectivity index (χ0v) is 11.6. The van der Waals surface area contributed by atoms with Gasteiger partial charge in [0.15, 0.2) is 6.29 Å². The molecule has 1 fully saturated rings. The van der Waals surface area contributed by atoms with Crippen LogP contribution >= 0.6 is 11.6 Å². The molecular weight excluding hydrogens is 246 g/mol. The van der Waals surface area contributed by atoms with Crippen molar-refractivity contribution in [2.75, 3.05) is 11.9 Å². The fraction of sp³-hybridized carbons (Fsp3) is 0.533. The molecule has 2 nitrogen and oxygen atoms in total. The van der Waals surface area contributed by atoms with E-state index >= 15 is 0 Å². The fourth-order valence-electron chi connectivity index (χ4n) is 2.76. The number of nitrogens with zero attached hydrogens (tertiary/aromatic N) is 1. The predicted molar refractivity (Wildman–Crippen MR) is 76.7 cm³/mol. The zero-order valence-electron chi connectivity index (χ0n) is 10.9. The van der Waals surface area contributed by atoms with Gasteiger partial charge in [0, 0.05) is 29.4 Å². The van der Waals surface area contributed by atoms with Crippen molar-refractivity contribution in [2.45, 2.75) is 44.6 Å². The van der Waals surface area contributed by atoms with Gasteiger partial charge >= 0.3 is 0 Å². The summed E-state index contributed by atoms with van der Waals surface area (Å²) in [5.74, 6) is 0. The fourth-order valence-corrected chi connectivity index (χ4v) is 2.93. The number of halogens is 1. The van der Waals surface area contributed by atoms with Crippen LogP contribution in [-0.2, 0) is 0 Å². The van der Waals surface area contributed by atoms with Crippen molar-refractivity contribution in [2.24, 2.45) is 0 Å². The molecule has 1 aromatic rings. The van der Waals surface area contributed by atoms with Gasteiger partial charge in [-0.05, 0) is 31.0 Å². The van der Waals surface area contributed by atoms with Crippen LogP contribution in [0.1, 0.15) is 48.9 Å². The molecule has 0 aliphatic heterocycles. The summed E-state index contributed by atoms with van der Waals surface area (Å²) < 4.78 is 0. The van der Waals surface area contributed by atoms with Crippen LogP contribution in [0, 0.1) is 0 Å². The average Bonchev–Trinajstić information content (AvgIpc) is 2.66. The summed E-state index contributed by atoms with van der Waals surface area (Å²) in [5.41, 5.74) is 1.69. The van der Waals surface area contributed by atoms with Crippen molar-refractivity contribution in [3.63, 3.8) is 0 Å². The second-order valence-corrected chi connectivity index (χ2v) is 5.51. The van der Waals surface area contributed by atoms with Crippen molar-refractivity contribution in [1.82, 2.24) is 0 Å². The Balaban J connectivity index is 2.23. The molecule has 0 aromatic heterocycles. The Bertz CT molecular complexity index is 411. The van der Waals surface area contributed by atoms with Gasteiger partial charge < -0.3 is 4.90 Å². The van der Waals surface area contributed by atoms with Crippen LogP contribution in [0.15, 0.2) is 18.2 Å². The monoisotopic (exact) mass is 265 g/mol. The summed E-state index contributed by atoms with van der Waals surface area (Å²) in [4.78, 5) is 13.4. The smallest absolute Gasteiger partial charge is 0.152 e. The van der Waals surface area contributed by atoms with E-state index in [9.17, 15) is 4.79 Å². The number of hydrogen-bond acceptors (Lipinski definition) is 2. The lowest BCUT2D eigenvalue weighted by molar-refractivity contribution is 0.112.